The van der Waals surface area contributed by atoms with Gasteiger partial charge >= 0.3 is 0 Å². The maximum atomic E-state index is 13.3. The molecular weight excluding hydrogens is 245 g/mol. The maximum Gasteiger partial charge on any atom is 0.128 e. The zero-order valence-electron chi connectivity index (χ0n) is 10.9. The first-order valence-electron chi connectivity index (χ1n) is 6.35. The fourth-order valence-electron chi connectivity index (χ4n) is 1.78. The summed E-state index contributed by atoms with van der Waals surface area (Å²) in [5, 5.41) is 3.27. The Morgan fingerprint density at radius 2 is 2.11 bits per heavy atom. The fourth-order valence-corrected chi connectivity index (χ4v) is 1.78. The van der Waals surface area contributed by atoms with E-state index >= 15 is 0 Å². The summed E-state index contributed by atoms with van der Waals surface area (Å²) >= 11 is 0. The molecule has 1 aromatic carbocycles. The van der Waals surface area contributed by atoms with Crippen LogP contribution in [0.25, 0.3) is 0 Å². The van der Waals surface area contributed by atoms with Crippen molar-refractivity contribution in [1.29, 1.82) is 0 Å². The van der Waals surface area contributed by atoms with E-state index in [9.17, 15) is 4.39 Å². The lowest BCUT2D eigenvalue weighted by Gasteiger charge is -2.11. The first-order chi connectivity index (χ1) is 9.27. The highest BCUT2D eigenvalue weighted by molar-refractivity contribution is 5.16. The molecule has 1 heterocycles. The number of furan rings is 1. The highest BCUT2D eigenvalue weighted by Gasteiger charge is 2.06. The van der Waals surface area contributed by atoms with Crippen molar-refractivity contribution in [3.63, 3.8) is 0 Å². The summed E-state index contributed by atoms with van der Waals surface area (Å²) in [6, 6.07) is 10.6. The van der Waals surface area contributed by atoms with Gasteiger partial charge in [-0.25, -0.2) is 4.39 Å². The minimum atomic E-state index is -0.223. The Hall–Kier alpha value is -1.65. The first-order valence-corrected chi connectivity index (χ1v) is 6.35. The minimum absolute atomic E-state index is 0.145. The molecule has 0 saturated heterocycles. The highest BCUT2D eigenvalue weighted by atomic mass is 19.1. The monoisotopic (exact) mass is 263 g/mol. The Kier molecular flexibility index (Phi) is 5.12. The lowest BCUT2D eigenvalue weighted by atomic mass is 10.2. The van der Waals surface area contributed by atoms with E-state index in [-0.39, 0.29) is 11.9 Å². The Bertz CT molecular complexity index is 485. The smallest absolute Gasteiger partial charge is 0.128 e. The number of benzene rings is 1. The Balaban J connectivity index is 1.64. The average Bonchev–Trinajstić information content (AvgIpc) is 2.94. The summed E-state index contributed by atoms with van der Waals surface area (Å²) in [5.41, 5.74) is 0.585. The van der Waals surface area contributed by atoms with Crippen LogP contribution in [0.5, 0.6) is 0 Å². The second kappa shape index (κ2) is 7.07. The van der Waals surface area contributed by atoms with Crippen molar-refractivity contribution >= 4 is 0 Å². The average molecular weight is 263 g/mol. The van der Waals surface area contributed by atoms with Crippen molar-refractivity contribution in [3.05, 3.63) is 59.8 Å². The van der Waals surface area contributed by atoms with Gasteiger partial charge < -0.3 is 14.5 Å². The molecule has 1 aromatic heterocycles. The van der Waals surface area contributed by atoms with Gasteiger partial charge in [0.2, 0.25) is 0 Å². The predicted octanol–water partition coefficient (Wildman–Crippen LogP) is 3.29. The molecule has 3 nitrogen and oxygen atoms in total. The molecule has 0 amide bonds. The second-order valence-electron chi connectivity index (χ2n) is 4.34. The molecule has 1 atom stereocenters. The Morgan fingerprint density at radius 3 is 2.84 bits per heavy atom. The molecule has 0 bridgehead atoms. The maximum absolute atomic E-state index is 13.3. The third-order valence-electron chi connectivity index (χ3n) is 2.88. The van der Waals surface area contributed by atoms with Crippen molar-refractivity contribution in [2.45, 2.75) is 19.6 Å². The van der Waals surface area contributed by atoms with Gasteiger partial charge in [-0.05, 0) is 25.1 Å². The van der Waals surface area contributed by atoms with E-state index < -0.39 is 0 Å². The molecule has 102 valence electrons. The molecule has 1 N–H and O–H groups in total. The molecule has 0 aliphatic carbocycles. The third-order valence-corrected chi connectivity index (χ3v) is 2.88. The largest absolute Gasteiger partial charge is 0.468 e. The Labute approximate surface area is 112 Å². The molecule has 0 aliphatic heterocycles. The molecule has 0 saturated carbocycles. The summed E-state index contributed by atoms with van der Waals surface area (Å²) in [6.07, 6.45) is 1.65. The number of ether oxygens (including phenoxy) is 1. The topological polar surface area (TPSA) is 34.4 Å². The Morgan fingerprint density at radius 1 is 1.26 bits per heavy atom. The number of rotatable bonds is 7. The lowest BCUT2D eigenvalue weighted by molar-refractivity contribution is 0.118. The van der Waals surface area contributed by atoms with Gasteiger partial charge in [-0.2, -0.15) is 0 Å². The molecule has 4 heteroatoms. The molecule has 0 fully saturated rings. The molecule has 19 heavy (non-hydrogen) atoms. The molecule has 0 aliphatic rings. The van der Waals surface area contributed by atoms with E-state index in [2.05, 4.69) is 5.32 Å². The van der Waals surface area contributed by atoms with E-state index in [0.717, 1.165) is 5.76 Å². The van der Waals surface area contributed by atoms with Crippen LogP contribution in [-0.4, -0.2) is 13.2 Å². The van der Waals surface area contributed by atoms with E-state index in [1.165, 1.54) is 6.07 Å². The van der Waals surface area contributed by atoms with Gasteiger partial charge in [0.15, 0.2) is 0 Å². The molecule has 0 radical (unpaired) electrons. The fraction of sp³-hybridized carbons (Fsp3) is 0.333. The third kappa shape index (κ3) is 4.19. The van der Waals surface area contributed by atoms with Crippen LogP contribution in [0, 0.1) is 5.82 Å². The summed E-state index contributed by atoms with van der Waals surface area (Å²) in [5.74, 6) is 0.675. The standard InChI is InChI=1S/C15H18FNO2/c1-12(15-7-4-9-19-15)17-8-10-18-11-13-5-2-3-6-14(13)16/h2-7,9,12,17H,8,10-11H2,1H3. The molecule has 1 unspecified atom stereocenters. The number of nitrogens with one attached hydrogen (secondary N) is 1. The second-order valence-corrected chi connectivity index (χ2v) is 4.34. The van der Waals surface area contributed by atoms with E-state index in [1.807, 2.05) is 19.1 Å². The summed E-state index contributed by atoms with van der Waals surface area (Å²) in [4.78, 5) is 0. The zero-order valence-corrected chi connectivity index (χ0v) is 10.9. The summed E-state index contributed by atoms with van der Waals surface area (Å²) < 4.78 is 24.0. The van der Waals surface area contributed by atoms with Crippen molar-refractivity contribution in [1.82, 2.24) is 5.32 Å². The SMILES string of the molecule is CC(NCCOCc1ccccc1F)c1ccco1. The van der Waals surface area contributed by atoms with Gasteiger partial charge in [0.25, 0.3) is 0 Å². The highest BCUT2D eigenvalue weighted by Crippen LogP contribution is 2.11. The molecular formula is C15H18FNO2. The van der Waals surface area contributed by atoms with Crippen LogP contribution in [0.3, 0.4) is 0 Å². The van der Waals surface area contributed by atoms with Gasteiger partial charge in [-0.1, -0.05) is 18.2 Å². The predicted molar refractivity (Wildman–Crippen MR) is 71.2 cm³/mol. The van der Waals surface area contributed by atoms with Gasteiger partial charge in [0, 0.05) is 12.1 Å². The van der Waals surface area contributed by atoms with E-state index in [0.29, 0.717) is 25.3 Å². The van der Waals surface area contributed by atoms with Crippen molar-refractivity contribution in [2.75, 3.05) is 13.2 Å². The van der Waals surface area contributed by atoms with Crippen molar-refractivity contribution in [3.8, 4) is 0 Å². The van der Waals surface area contributed by atoms with Gasteiger partial charge in [0.05, 0.1) is 25.5 Å². The number of hydrogen-bond donors (Lipinski definition) is 1. The lowest BCUT2D eigenvalue weighted by Crippen LogP contribution is -2.23. The summed E-state index contributed by atoms with van der Waals surface area (Å²) in [6.45, 7) is 3.54. The van der Waals surface area contributed by atoms with Crippen LogP contribution >= 0.6 is 0 Å². The van der Waals surface area contributed by atoms with Crippen LogP contribution in [0.15, 0.2) is 47.1 Å². The van der Waals surface area contributed by atoms with E-state index in [4.69, 9.17) is 9.15 Å². The number of halogens is 1. The van der Waals surface area contributed by atoms with Crippen LogP contribution in [-0.2, 0) is 11.3 Å². The van der Waals surface area contributed by atoms with Crippen LogP contribution in [0.2, 0.25) is 0 Å². The van der Waals surface area contributed by atoms with Crippen LogP contribution in [0.4, 0.5) is 4.39 Å². The number of hydrogen-bond acceptors (Lipinski definition) is 3. The zero-order chi connectivity index (χ0) is 13.5. The quantitative estimate of drug-likeness (QED) is 0.778. The van der Waals surface area contributed by atoms with E-state index in [1.54, 1.807) is 24.5 Å². The summed E-state index contributed by atoms with van der Waals surface area (Å²) in [7, 11) is 0. The first kappa shape index (κ1) is 13.8. The van der Waals surface area contributed by atoms with Gasteiger partial charge in [-0.3, -0.25) is 0 Å². The normalized spacial score (nSPS) is 12.5. The van der Waals surface area contributed by atoms with Crippen LogP contribution < -0.4 is 5.32 Å². The minimum Gasteiger partial charge on any atom is -0.468 e. The molecule has 2 rings (SSSR count). The van der Waals surface area contributed by atoms with Crippen LogP contribution in [0.1, 0.15) is 24.3 Å². The van der Waals surface area contributed by atoms with Crippen molar-refractivity contribution < 1.29 is 13.5 Å². The van der Waals surface area contributed by atoms with Crippen molar-refractivity contribution in [2.24, 2.45) is 0 Å². The van der Waals surface area contributed by atoms with Gasteiger partial charge in [-0.15, -0.1) is 0 Å². The molecule has 0 spiro atoms. The molecule has 2 aromatic rings. The van der Waals surface area contributed by atoms with Gasteiger partial charge in [0.1, 0.15) is 11.6 Å².